The second kappa shape index (κ2) is 6.48. The van der Waals surface area contributed by atoms with Crippen molar-refractivity contribution in [1.82, 2.24) is 24.1 Å². The van der Waals surface area contributed by atoms with Crippen molar-refractivity contribution in [3.05, 3.63) is 23.2 Å². The summed E-state index contributed by atoms with van der Waals surface area (Å²) in [6.45, 7) is 3.44. The SMILES string of the molecule is CCn1c(Cl)nc(-c2nc3cc(C(F)(F)F)ncc3n2C)c1S(=O)(=O)CC. The smallest absolute Gasteiger partial charge is 0.324 e. The van der Waals surface area contributed by atoms with Crippen LogP contribution in [0.2, 0.25) is 5.28 Å². The molecule has 0 amide bonds. The third kappa shape index (κ3) is 3.18. The number of aryl methyl sites for hydroxylation is 1. The molecule has 0 atom stereocenters. The maximum Gasteiger partial charge on any atom is 0.433 e. The first-order valence-electron chi connectivity index (χ1n) is 7.90. The van der Waals surface area contributed by atoms with Gasteiger partial charge in [0.25, 0.3) is 0 Å². The molecule has 0 saturated carbocycles. The first-order chi connectivity index (χ1) is 12.5. The molecule has 7 nitrogen and oxygen atoms in total. The molecule has 0 aliphatic heterocycles. The van der Waals surface area contributed by atoms with E-state index in [0.717, 1.165) is 12.3 Å². The van der Waals surface area contributed by atoms with Crippen molar-refractivity contribution in [3.8, 4) is 11.5 Å². The van der Waals surface area contributed by atoms with E-state index >= 15 is 0 Å². The minimum atomic E-state index is -4.62. The van der Waals surface area contributed by atoms with Gasteiger partial charge in [0.1, 0.15) is 11.4 Å². The average molecular weight is 422 g/mol. The molecule has 27 heavy (non-hydrogen) atoms. The third-order valence-corrected chi connectivity index (χ3v) is 6.19. The highest BCUT2D eigenvalue weighted by atomic mass is 35.5. The normalized spacial score (nSPS) is 12.9. The van der Waals surface area contributed by atoms with E-state index in [9.17, 15) is 21.6 Å². The number of alkyl halides is 3. The van der Waals surface area contributed by atoms with E-state index < -0.39 is 21.7 Å². The van der Waals surface area contributed by atoms with E-state index in [1.807, 2.05) is 0 Å². The number of sulfone groups is 1. The summed E-state index contributed by atoms with van der Waals surface area (Å²) >= 11 is 6.09. The lowest BCUT2D eigenvalue weighted by atomic mass is 10.3. The molecule has 0 fully saturated rings. The summed E-state index contributed by atoms with van der Waals surface area (Å²) in [6, 6.07) is 0.811. The van der Waals surface area contributed by atoms with Gasteiger partial charge < -0.3 is 9.13 Å². The Bertz CT molecular complexity index is 1130. The molecule has 3 rings (SSSR count). The predicted octanol–water partition coefficient (Wildman–Crippen LogP) is 3.32. The van der Waals surface area contributed by atoms with Crippen LogP contribution in [0.4, 0.5) is 13.2 Å². The molecule has 3 aromatic rings. The fraction of sp³-hybridized carbons (Fsp3) is 0.400. The number of nitrogens with zero attached hydrogens (tertiary/aromatic N) is 5. The van der Waals surface area contributed by atoms with Crippen LogP contribution in [0.15, 0.2) is 17.3 Å². The highest BCUT2D eigenvalue weighted by Gasteiger charge is 2.34. The van der Waals surface area contributed by atoms with E-state index in [2.05, 4.69) is 15.0 Å². The Labute approximate surface area is 157 Å². The topological polar surface area (TPSA) is 82.7 Å². The Hall–Kier alpha value is -2.14. The monoisotopic (exact) mass is 421 g/mol. The highest BCUT2D eigenvalue weighted by Crippen LogP contribution is 2.34. The Morgan fingerprint density at radius 2 is 1.89 bits per heavy atom. The van der Waals surface area contributed by atoms with Gasteiger partial charge in [-0.1, -0.05) is 6.92 Å². The zero-order valence-electron chi connectivity index (χ0n) is 14.5. The predicted molar refractivity (Wildman–Crippen MR) is 93.1 cm³/mol. The molecule has 0 saturated heterocycles. The molecule has 3 heterocycles. The molecule has 0 N–H and O–H groups in total. The standard InChI is InChI=1S/C15H15ClF3N5O2S/c1-4-24-13(27(25,26)5-2)11(22-14(24)16)12-21-8-6-10(15(17,18)19)20-7-9(8)23(12)3/h6-7H,4-5H2,1-3H3. The van der Waals surface area contributed by atoms with Crippen molar-refractivity contribution < 1.29 is 21.6 Å². The third-order valence-electron chi connectivity index (χ3n) is 4.13. The van der Waals surface area contributed by atoms with Crippen LogP contribution in [-0.2, 0) is 29.6 Å². The van der Waals surface area contributed by atoms with Crippen LogP contribution in [0.1, 0.15) is 19.5 Å². The molecule has 146 valence electrons. The van der Waals surface area contributed by atoms with Crippen LogP contribution in [-0.4, -0.2) is 38.3 Å². The molecular formula is C15H15ClF3N5O2S. The molecule has 0 aliphatic rings. The quantitative estimate of drug-likeness (QED) is 0.645. The van der Waals surface area contributed by atoms with Crippen LogP contribution in [0, 0.1) is 0 Å². The van der Waals surface area contributed by atoms with Gasteiger partial charge in [0.2, 0.25) is 5.28 Å². The number of aromatic nitrogens is 5. The lowest BCUT2D eigenvalue weighted by molar-refractivity contribution is -0.141. The molecule has 0 aromatic carbocycles. The molecule has 12 heteroatoms. The van der Waals surface area contributed by atoms with Crippen LogP contribution in [0.25, 0.3) is 22.6 Å². The molecule has 0 bridgehead atoms. The maximum absolute atomic E-state index is 12.9. The number of rotatable bonds is 4. The van der Waals surface area contributed by atoms with Crippen molar-refractivity contribution in [2.24, 2.45) is 7.05 Å². The van der Waals surface area contributed by atoms with Gasteiger partial charge in [-0.25, -0.2) is 23.4 Å². The van der Waals surface area contributed by atoms with Crippen LogP contribution < -0.4 is 0 Å². The maximum atomic E-state index is 12.9. The van der Waals surface area contributed by atoms with Crippen molar-refractivity contribution in [1.29, 1.82) is 0 Å². The number of hydrogen-bond donors (Lipinski definition) is 0. The van der Waals surface area contributed by atoms with E-state index in [1.54, 1.807) is 14.0 Å². The Morgan fingerprint density at radius 3 is 2.44 bits per heavy atom. The van der Waals surface area contributed by atoms with Gasteiger partial charge in [-0.05, 0) is 24.6 Å². The first-order valence-corrected chi connectivity index (χ1v) is 9.93. The Balaban J connectivity index is 2.32. The van der Waals surface area contributed by atoms with Gasteiger partial charge in [-0.3, -0.25) is 0 Å². The minimum Gasteiger partial charge on any atom is -0.324 e. The summed E-state index contributed by atoms with van der Waals surface area (Å²) in [5.74, 6) is -0.0987. The summed E-state index contributed by atoms with van der Waals surface area (Å²) in [6.07, 6.45) is -3.57. The van der Waals surface area contributed by atoms with Gasteiger partial charge >= 0.3 is 6.18 Å². The van der Waals surface area contributed by atoms with E-state index in [0.29, 0.717) is 5.52 Å². The number of hydrogen-bond acceptors (Lipinski definition) is 5. The zero-order valence-corrected chi connectivity index (χ0v) is 16.1. The van der Waals surface area contributed by atoms with Crippen molar-refractivity contribution >= 4 is 32.5 Å². The van der Waals surface area contributed by atoms with Crippen LogP contribution >= 0.6 is 11.6 Å². The molecule has 3 aromatic heterocycles. The van der Waals surface area contributed by atoms with Crippen molar-refractivity contribution in [2.45, 2.75) is 31.6 Å². The summed E-state index contributed by atoms with van der Waals surface area (Å²) in [7, 11) is -2.17. The molecule has 0 aliphatic carbocycles. The molecule has 0 spiro atoms. The second-order valence-corrected chi connectivity index (χ2v) is 8.26. The van der Waals surface area contributed by atoms with Gasteiger partial charge in [-0.2, -0.15) is 13.2 Å². The lowest BCUT2D eigenvalue weighted by Gasteiger charge is -2.08. The average Bonchev–Trinajstić information content (AvgIpc) is 3.11. The summed E-state index contributed by atoms with van der Waals surface area (Å²) in [5, 5.41) is -0.152. The zero-order chi connectivity index (χ0) is 20.1. The van der Waals surface area contributed by atoms with Gasteiger partial charge in [0.05, 0.1) is 23.0 Å². The van der Waals surface area contributed by atoms with Crippen LogP contribution in [0.5, 0.6) is 0 Å². The minimum absolute atomic E-state index is 0.00374. The van der Waals surface area contributed by atoms with Crippen LogP contribution in [0.3, 0.4) is 0 Å². The number of fused-ring (bicyclic) bond motifs is 1. The van der Waals surface area contributed by atoms with Gasteiger partial charge in [-0.15, -0.1) is 0 Å². The largest absolute Gasteiger partial charge is 0.433 e. The fourth-order valence-electron chi connectivity index (χ4n) is 2.74. The highest BCUT2D eigenvalue weighted by molar-refractivity contribution is 7.91. The lowest BCUT2D eigenvalue weighted by Crippen LogP contribution is -2.12. The van der Waals surface area contributed by atoms with Gasteiger partial charge in [0, 0.05) is 13.6 Å². The van der Waals surface area contributed by atoms with E-state index in [1.165, 1.54) is 16.1 Å². The molecule has 0 radical (unpaired) electrons. The van der Waals surface area contributed by atoms with Crippen molar-refractivity contribution in [3.63, 3.8) is 0 Å². The van der Waals surface area contributed by atoms with Crippen molar-refractivity contribution in [2.75, 3.05) is 5.75 Å². The molecular weight excluding hydrogens is 407 g/mol. The summed E-state index contributed by atoms with van der Waals surface area (Å²) in [4.78, 5) is 11.7. The fourth-order valence-corrected chi connectivity index (χ4v) is 4.33. The Kier molecular flexibility index (Phi) is 4.71. The summed E-state index contributed by atoms with van der Waals surface area (Å²) in [5.41, 5.74) is -0.758. The Morgan fingerprint density at radius 1 is 1.22 bits per heavy atom. The number of pyridine rings is 1. The molecule has 0 unspecified atom stereocenters. The van der Waals surface area contributed by atoms with Gasteiger partial charge in [0.15, 0.2) is 20.7 Å². The number of imidazole rings is 2. The van der Waals surface area contributed by atoms with E-state index in [4.69, 9.17) is 11.6 Å². The van der Waals surface area contributed by atoms with E-state index in [-0.39, 0.29) is 39.6 Å². The number of halogens is 4. The second-order valence-electron chi connectivity index (χ2n) is 5.73. The first kappa shape index (κ1) is 19.6. The summed E-state index contributed by atoms with van der Waals surface area (Å²) < 4.78 is 66.6.